The van der Waals surface area contributed by atoms with Crippen molar-refractivity contribution in [3.05, 3.63) is 95.6 Å². The number of alkyl carbamates (subject to hydrolysis) is 1. The molecule has 2 atom stereocenters. The molecular weight excluding hydrogens is 422 g/mol. The molecule has 0 aliphatic carbocycles. The maximum Gasteiger partial charge on any atom is 0.408 e. The number of nitrogens with one attached hydrogen (secondary N) is 2. The van der Waals surface area contributed by atoms with Crippen LogP contribution in [0, 0.1) is 11.6 Å². The first kappa shape index (κ1) is 20.9. The zero-order valence-corrected chi connectivity index (χ0v) is 17.0. The number of thioether (sulfide) groups is 1. The van der Waals surface area contributed by atoms with Gasteiger partial charge in [-0.15, -0.1) is 11.8 Å². The molecule has 0 bridgehead atoms. The van der Waals surface area contributed by atoms with Crippen molar-refractivity contribution in [3.63, 3.8) is 0 Å². The number of hydrogen-bond acceptors (Lipinski definition) is 4. The molecule has 0 fully saturated rings. The Kier molecular flexibility index (Phi) is 6.18. The number of fused-ring (bicyclic) bond motifs is 1. The van der Waals surface area contributed by atoms with Crippen molar-refractivity contribution in [3.8, 4) is 0 Å². The first-order valence-electron chi connectivity index (χ1n) is 9.50. The molecule has 1 aliphatic rings. The highest BCUT2D eigenvalue weighted by Gasteiger charge is 2.37. The average Bonchev–Trinajstić information content (AvgIpc) is 2.91. The number of carbonyl (C=O) groups is 2. The quantitative estimate of drug-likeness (QED) is 0.596. The van der Waals surface area contributed by atoms with E-state index in [1.165, 1.54) is 0 Å². The predicted octanol–water partition coefficient (Wildman–Crippen LogP) is 5.05. The summed E-state index contributed by atoms with van der Waals surface area (Å²) in [5.74, 6) is -1.86. The Morgan fingerprint density at radius 2 is 1.77 bits per heavy atom. The third kappa shape index (κ3) is 4.86. The van der Waals surface area contributed by atoms with Gasteiger partial charge >= 0.3 is 6.09 Å². The van der Waals surface area contributed by atoms with Crippen LogP contribution in [0.2, 0.25) is 0 Å². The number of anilines is 1. The molecule has 0 aromatic heterocycles. The molecule has 3 aromatic carbocycles. The van der Waals surface area contributed by atoms with Gasteiger partial charge in [-0.1, -0.05) is 42.5 Å². The van der Waals surface area contributed by atoms with Crippen LogP contribution in [0.1, 0.15) is 16.4 Å². The number of ether oxygens (including phenoxy) is 1. The highest BCUT2D eigenvalue weighted by atomic mass is 32.2. The molecule has 2 unspecified atom stereocenters. The van der Waals surface area contributed by atoms with Gasteiger partial charge in [0.1, 0.15) is 24.3 Å². The van der Waals surface area contributed by atoms with E-state index in [9.17, 15) is 18.4 Å². The topological polar surface area (TPSA) is 67.4 Å². The van der Waals surface area contributed by atoms with Gasteiger partial charge in [0.15, 0.2) is 0 Å². The van der Waals surface area contributed by atoms with E-state index in [4.69, 9.17) is 4.74 Å². The van der Waals surface area contributed by atoms with Crippen LogP contribution >= 0.6 is 11.8 Å². The molecule has 1 heterocycles. The number of amides is 2. The van der Waals surface area contributed by atoms with Crippen molar-refractivity contribution in [2.45, 2.75) is 22.8 Å². The Morgan fingerprint density at radius 1 is 1.03 bits per heavy atom. The molecule has 4 rings (SSSR count). The molecule has 0 radical (unpaired) electrons. The van der Waals surface area contributed by atoms with E-state index in [0.717, 1.165) is 35.5 Å². The molecule has 2 amide bonds. The molecule has 0 saturated carbocycles. The SMILES string of the molecule is O=C(NC1C(=O)Nc2ccccc2SC1c1cc(F)ccc1F)OCc1ccccc1. The molecule has 1 aliphatic heterocycles. The summed E-state index contributed by atoms with van der Waals surface area (Å²) in [6.07, 6.45) is -0.836. The predicted molar refractivity (Wildman–Crippen MR) is 114 cm³/mol. The van der Waals surface area contributed by atoms with Crippen LogP contribution in [-0.2, 0) is 16.1 Å². The lowest BCUT2D eigenvalue weighted by Crippen LogP contribution is -2.46. The normalized spacial score (nSPS) is 17.8. The highest BCUT2D eigenvalue weighted by Crippen LogP contribution is 2.44. The summed E-state index contributed by atoms with van der Waals surface area (Å²) in [6.45, 7) is 0.00732. The Hall–Kier alpha value is -3.39. The van der Waals surface area contributed by atoms with Gasteiger partial charge in [-0.3, -0.25) is 4.79 Å². The maximum atomic E-state index is 14.6. The smallest absolute Gasteiger partial charge is 0.408 e. The van der Waals surface area contributed by atoms with Crippen LogP contribution in [0.25, 0.3) is 0 Å². The monoisotopic (exact) mass is 440 g/mol. The first-order valence-corrected chi connectivity index (χ1v) is 10.4. The lowest BCUT2D eigenvalue weighted by molar-refractivity contribution is -0.118. The molecule has 2 N–H and O–H groups in total. The standard InChI is InChI=1S/C23H18F2N2O3S/c24-15-10-11-17(25)16(12-15)21-20(22(28)26-18-8-4-5-9-19(18)31-21)27-23(29)30-13-14-6-2-1-3-7-14/h1-12,20-21H,13H2,(H,26,28)(H,27,29). The number of carbonyl (C=O) groups excluding carboxylic acids is 2. The minimum absolute atomic E-state index is 0.00732. The fourth-order valence-corrected chi connectivity index (χ4v) is 4.55. The molecule has 0 spiro atoms. The lowest BCUT2D eigenvalue weighted by Gasteiger charge is -2.24. The molecule has 5 nitrogen and oxygen atoms in total. The molecule has 158 valence electrons. The van der Waals surface area contributed by atoms with E-state index < -0.39 is 34.9 Å². The summed E-state index contributed by atoms with van der Waals surface area (Å²) in [4.78, 5) is 26.1. The van der Waals surface area contributed by atoms with E-state index in [-0.39, 0.29) is 12.2 Å². The van der Waals surface area contributed by atoms with Gasteiger partial charge in [0.2, 0.25) is 5.91 Å². The van der Waals surface area contributed by atoms with Crippen molar-refractivity contribution >= 4 is 29.4 Å². The Labute approximate surface area is 181 Å². The fraction of sp³-hybridized carbons (Fsp3) is 0.130. The van der Waals surface area contributed by atoms with Crippen LogP contribution in [-0.4, -0.2) is 18.0 Å². The Bertz CT molecular complexity index is 1110. The van der Waals surface area contributed by atoms with Crippen LogP contribution in [0.3, 0.4) is 0 Å². The van der Waals surface area contributed by atoms with E-state index >= 15 is 0 Å². The third-order valence-electron chi connectivity index (χ3n) is 4.73. The van der Waals surface area contributed by atoms with Crippen molar-refractivity contribution in [1.29, 1.82) is 0 Å². The van der Waals surface area contributed by atoms with Crippen LogP contribution < -0.4 is 10.6 Å². The summed E-state index contributed by atoms with van der Waals surface area (Å²) in [5.41, 5.74) is 1.28. The van der Waals surface area contributed by atoms with Gasteiger partial charge in [0, 0.05) is 10.5 Å². The van der Waals surface area contributed by atoms with Gasteiger partial charge in [0.05, 0.1) is 10.9 Å². The largest absolute Gasteiger partial charge is 0.445 e. The minimum Gasteiger partial charge on any atom is -0.445 e. The zero-order chi connectivity index (χ0) is 21.8. The zero-order valence-electron chi connectivity index (χ0n) is 16.2. The average molecular weight is 440 g/mol. The number of para-hydroxylation sites is 1. The molecule has 3 aromatic rings. The van der Waals surface area contributed by atoms with Crippen LogP contribution in [0.5, 0.6) is 0 Å². The van der Waals surface area contributed by atoms with Crippen LogP contribution in [0.15, 0.2) is 77.7 Å². The summed E-state index contributed by atoms with van der Waals surface area (Å²) in [5, 5.41) is 4.35. The summed E-state index contributed by atoms with van der Waals surface area (Å²) in [7, 11) is 0. The third-order valence-corrected chi connectivity index (χ3v) is 6.12. The van der Waals surface area contributed by atoms with Gasteiger partial charge < -0.3 is 15.4 Å². The number of hydrogen-bond donors (Lipinski definition) is 2. The summed E-state index contributed by atoms with van der Waals surface area (Å²) < 4.78 is 33.7. The Morgan fingerprint density at radius 3 is 2.58 bits per heavy atom. The van der Waals surface area contributed by atoms with Gasteiger partial charge in [0.25, 0.3) is 0 Å². The Balaban J connectivity index is 1.62. The highest BCUT2D eigenvalue weighted by molar-refractivity contribution is 7.99. The van der Waals surface area contributed by atoms with E-state index in [2.05, 4.69) is 10.6 Å². The van der Waals surface area contributed by atoms with Gasteiger partial charge in [-0.05, 0) is 35.9 Å². The van der Waals surface area contributed by atoms with Crippen molar-refractivity contribution in [1.82, 2.24) is 5.32 Å². The number of benzene rings is 3. The number of rotatable bonds is 4. The van der Waals surface area contributed by atoms with Crippen molar-refractivity contribution < 1.29 is 23.1 Å². The maximum absolute atomic E-state index is 14.6. The second-order valence-electron chi connectivity index (χ2n) is 6.87. The summed E-state index contributed by atoms with van der Waals surface area (Å²) >= 11 is 1.16. The van der Waals surface area contributed by atoms with Crippen molar-refractivity contribution in [2.24, 2.45) is 0 Å². The van der Waals surface area contributed by atoms with Crippen molar-refractivity contribution in [2.75, 3.05) is 5.32 Å². The van der Waals surface area contributed by atoms with E-state index in [1.54, 1.807) is 36.4 Å². The van der Waals surface area contributed by atoms with E-state index in [0.29, 0.717) is 10.6 Å². The molecular formula is C23H18F2N2O3S. The molecule has 0 saturated heterocycles. The second kappa shape index (κ2) is 9.18. The van der Waals surface area contributed by atoms with Gasteiger partial charge in [-0.2, -0.15) is 0 Å². The number of halogens is 2. The fourth-order valence-electron chi connectivity index (χ4n) is 3.23. The van der Waals surface area contributed by atoms with Gasteiger partial charge in [-0.25, -0.2) is 13.6 Å². The summed E-state index contributed by atoms with van der Waals surface area (Å²) in [6, 6.07) is 17.9. The van der Waals surface area contributed by atoms with Crippen LogP contribution in [0.4, 0.5) is 19.3 Å². The molecule has 8 heteroatoms. The first-order chi connectivity index (χ1) is 15.0. The minimum atomic E-state index is -1.20. The lowest BCUT2D eigenvalue weighted by atomic mass is 10.0. The van der Waals surface area contributed by atoms with E-state index in [1.807, 2.05) is 18.2 Å². The second-order valence-corrected chi connectivity index (χ2v) is 8.06. The molecule has 31 heavy (non-hydrogen) atoms.